The molecule has 3 nitrogen and oxygen atoms in total. The largest absolute Gasteiger partial charge is 0.360 e. The van der Waals surface area contributed by atoms with E-state index in [0.717, 1.165) is 5.39 Å². The van der Waals surface area contributed by atoms with Crippen LogP contribution in [0, 0.1) is 5.82 Å². The summed E-state index contributed by atoms with van der Waals surface area (Å²) in [7, 11) is 0. The number of halogens is 1. The van der Waals surface area contributed by atoms with Crippen molar-refractivity contribution in [3.05, 3.63) is 35.8 Å². The number of fused-ring (bicyclic) bond motifs is 1. The number of aromatic nitrogens is 1. The van der Waals surface area contributed by atoms with Crippen LogP contribution in [-0.2, 0) is 0 Å². The standard InChI is InChI=1S/C13H15FN2O/c1-13(2,3)16-12(17)10-7-15-11-6-8(14)4-5-9(10)11/h4-7,15H,1-3H3,(H,16,17). The summed E-state index contributed by atoms with van der Waals surface area (Å²) < 4.78 is 13.0. The molecule has 1 aromatic heterocycles. The molecule has 2 rings (SSSR count). The van der Waals surface area contributed by atoms with Gasteiger partial charge in [-0.1, -0.05) is 0 Å². The number of rotatable bonds is 1. The van der Waals surface area contributed by atoms with Crippen LogP contribution in [0.25, 0.3) is 10.9 Å². The molecule has 0 fully saturated rings. The molecule has 0 bridgehead atoms. The van der Waals surface area contributed by atoms with E-state index in [1.807, 2.05) is 20.8 Å². The minimum atomic E-state index is -0.317. The lowest BCUT2D eigenvalue weighted by Gasteiger charge is -2.20. The Morgan fingerprint density at radius 3 is 2.71 bits per heavy atom. The Hall–Kier alpha value is -1.84. The number of hydrogen-bond donors (Lipinski definition) is 2. The zero-order valence-electron chi connectivity index (χ0n) is 10.1. The lowest BCUT2D eigenvalue weighted by Crippen LogP contribution is -2.40. The van der Waals surface area contributed by atoms with Gasteiger partial charge in [0, 0.05) is 22.6 Å². The Bertz CT molecular complexity index is 566. The van der Waals surface area contributed by atoms with E-state index in [2.05, 4.69) is 10.3 Å². The molecule has 0 atom stereocenters. The van der Waals surface area contributed by atoms with E-state index in [1.54, 1.807) is 12.3 Å². The van der Waals surface area contributed by atoms with Gasteiger partial charge in [-0.05, 0) is 39.0 Å². The predicted molar refractivity (Wildman–Crippen MR) is 65.5 cm³/mol. The number of H-pyrrole nitrogens is 1. The number of carbonyl (C=O) groups excluding carboxylic acids is 1. The normalized spacial score (nSPS) is 11.8. The first-order valence-electron chi connectivity index (χ1n) is 5.46. The molecule has 90 valence electrons. The van der Waals surface area contributed by atoms with E-state index < -0.39 is 0 Å². The van der Waals surface area contributed by atoms with Crippen molar-refractivity contribution in [2.75, 3.05) is 0 Å². The average Bonchev–Trinajstić information content (AvgIpc) is 2.57. The molecule has 1 heterocycles. The molecule has 0 aliphatic carbocycles. The lowest BCUT2D eigenvalue weighted by atomic mass is 10.1. The maximum absolute atomic E-state index is 13.0. The van der Waals surface area contributed by atoms with Gasteiger partial charge in [0.05, 0.1) is 5.56 Å². The second-order valence-electron chi connectivity index (χ2n) is 5.10. The number of hydrogen-bond acceptors (Lipinski definition) is 1. The highest BCUT2D eigenvalue weighted by Crippen LogP contribution is 2.19. The molecule has 17 heavy (non-hydrogen) atoms. The highest BCUT2D eigenvalue weighted by molar-refractivity contribution is 6.06. The van der Waals surface area contributed by atoms with Gasteiger partial charge in [0.2, 0.25) is 0 Å². The fraction of sp³-hybridized carbons (Fsp3) is 0.308. The van der Waals surface area contributed by atoms with Crippen molar-refractivity contribution in [3.8, 4) is 0 Å². The summed E-state index contributed by atoms with van der Waals surface area (Å²) in [5, 5.41) is 3.61. The lowest BCUT2D eigenvalue weighted by molar-refractivity contribution is 0.0921. The van der Waals surface area contributed by atoms with Crippen molar-refractivity contribution >= 4 is 16.8 Å². The topological polar surface area (TPSA) is 44.9 Å². The molecular formula is C13H15FN2O. The van der Waals surface area contributed by atoms with Crippen LogP contribution in [0.15, 0.2) is 24.4 Å². The Morgan fingerprint density at radius 1 is 1.35 bits per heavy atom. The molecule has 0 aliphatic rings. The van der Waals surface area contributed by atoms with E-state index in [0.29, 0.717) is 11.1 Å². The first-order valence-corrected chi connectivity index (χ1v) is 5.46. The smallest absolute Gasteiger partial charge is 0.253 e. The number of amides is 1. The number of carbonyl (C=O) groups is 1. The monoisotopic (exact) mass is 234 g/mol. The van der Waals surface area contributed by atoms with E-state index in [4.69, 9.17) is 0 Å². The van der Waals surface area contributed by atoms with Crippen LogP contribution < -0.4 is 5.32 Å². The van der Waals surface area contributed by atoms with Gasteiger partial charge in [0.1, 0.15) is 5.82 Å². The molecule has 4 heteroatoms. The average molecular weight is 234 g/mol. The molecule has 2 aromatic rings. The zero-order chi connectivity index (χ0) is 12.6. The number of nitrogens with one attached hydrogen (secondary N) is 2. The van der Waals surface area contributed by atoms with Crippen LogP contribution in [0.3, 0.4) is 0 Å². The van der Waals surface area contributed by atoms with E-state index in [1.165, 1.54) is 12.1 Å². The molecule has 0 radical (unpaired) electrons. The van der Waals surface area contributed by atoms with E-state index in [9.17, 15) is 9.18 Å². The minimum absolute atomic E-state index is 0.157. The van der Waals surface area contributed by atoms with Gasteiger partial charge < -0.3 is 10.3 Å². The van der Waals surface area contributed by atoms with Gasteiger partial charge in [0.25, 0.3) is 5.91 Å². The van der Waals surface area contributed by atoms with Gasteiger partial charge in [0.15, 0.2) is 0 Å². The third-order valence-electron chi connectivity index (χ3n) is 2.38. The van der Waals surface area contributed by atoms with Crippen LogP contribution in [0.1, 0.15) is 31.1 Å². The Balaban J connectivity index is 2.40. The molecule has 0 saturated carbocycles. The molecule has 2 N–H and O–H groups in total. The maximum atomic E-state index is 13.0. The zero-order valence-corrected chi connectivity index (χ0v) is 10.1. The maximum Gasteiger partial charge on any atom is 0.253 e. The number of aromatic amines is 1. The van der Waals surface area contributed by atoms with Crippen molar-refractivity contribution in [2.24, 2.45) is 0 Å². The first-order chi connectivity index (χ1) is 7.87. The fourth-order valence-electron chi connectivity index (χ4n) is 1.69. The molecule has 0 spiro atoms. The van der Waals surface area contributed by atoms with Crippen LogP contribution >= 0.6 is 0 Å². The SMILES string of the molecule is CC(C)(C)NC(=O)c1c[nH]c2cc(F)ccc12. The summed E-state index contributed by atoms with van der Waals surface area (Å²) in [6, 6.07) is 4.34. The van der Waals surface area contributed by atoms with Crippen LogP contribution in [-0.4, -0.2) is 16.4 Å². The van der Waals surface area contributed by atoms with Gasteiger partial charge in [-0.15, -0.1) is 0 Å². The molecule has 0 saturated heterocycles. The van der Waals surface area contributed by atoms with Crippen LogP contribution in [0.4, 0.5) is 4.39 Å². The van der Waals surface area contributed by atoms with Gasteiger partial charge in [-0.25, -0.2) is 4.39 Å². The third kappa shape index (κ3) is 2.46. The minimum Gasteiger partial charge on any atom is -0.360 e. The summed E-state index contributed by atoms with van der Waals surface area (Å²) >= 11 is 0. The van der Waals surface area contributed by atoms with Crippen molar-refractivity contribution in [3.63, 3.8) is 0 Å². The highest BCUT2D eigenvalue weighted by atomic mass is 19.1. The van der Waals surface area contributed by atoms with Crippen molar-refractivity contribution in [1.82, 2.24) is 10.3 Å². The number of benzene rings is 1. The predicted octanol–water partition coefficient (Wildman–Crippen LogP) is 2.84. The fourth-order valence-corrected chi connectivity index (χ4v) is 1.69. The van der Waals surface area contributed by atoms with Gasteiger partial charge >= 0.3 is 0 Å². The van der Waals surface area contributed by atoms with Crippen molar-refractivity contribution < 1.29 is 9.18 Å². The molecule has 0 unspecified atom stereocenters. The Morgan fingerprint density at radius 2 is 2.06 bits per heavy atom. The Labute approximate surface area is 99.0 Å². The summed E-state index contributed by atoms with van der Waals surface area (Å²) in [6.07, 6.45) is 1.60. The molecular weight excluding hydrogens is 219 g/mol. The summed E-state index contributed by atoms with van der Waals surface area (Å²) in [5.74, 6) is -0.475. The van der Waals surface area contributed by atoms with Crippen LogP contribution in [0.5, 0.6) is 0 Å². The molecule has 0 aliphatic heterocycles. The van der Waals surface area contributed by atoms with Crippen LogP contribution in [0.2, 0.25) is 0 Å². The Kier molecular flexibility index (Phi) is 2.65. The quantitative estimate of drug-likeness (QED) is 0.783. The van der Waals surface area contributed by atoms with E-state index >= 15 is 0 Å². The summed E-state index contributed by atoms with van der Waals surface area (Å²) in [4.78, 5) is 14.9. The third-order valence-corrected chi connectivity index (χ3v) is 2.38. The second kappa shape index (κ2) is 3.87. The highest BCUT2D eigenvalue weighted by Gasteiger charge is 2.18. The molecule has 1 amide bonds. The van der Waals surface area contributed by atoms with Crippen molar-refractivity contribution in [2.45, 2.75) is 26.3 Å². The summed E-state index contributed by atoms with van der Waals surface area (Å²) in [6.45, 7) is 5.75. The second-order valence-corrected chi connectivity index (χ2v) is 5.10. The molecule has 1 aromatic carbocycles. The summed E-state index contributed by atoms with van der Waals surface area (Å²) in [5.41, 5.74) is 0.875. The van der Waals surface area contributed by atoms with Gasteiger partial charge in [-0.2, -0.15) is 0 Å². The van der Waals surface area contributed by atoms with Crippen molar-refractivity contribution in [1.29, 1.82) is 0 Å². The first kappa shape index (κ1) is 11.6. The van der Waals surface area contributed by atoms with Gasteiger partial charge in [-0.3, -0.25) is 4.79 Å². The van der Waals surface area contributed by atoms with E-state index in [-0.39, 0.29) is 17.3 Å².